The maximum Gasteiger partial charge on any atom is 0.171 e. The van der Waals surface area contributed by atoms with Crippen molar-refractivity contribution in [1.29, 1.82) is 0 Å². The molecule has 1 saturated heterocycles. The minimum Gasteiger partial charge on any atom is -0.353 e. The van der Waals surface area contributed by atoms with Crippen molar-refractivity contribution in [3.8, 4) is 0 Å². The molecule has 3 rings (SSSR count). The highest BCUT2D eigenvalue weighted by Gasteiger charge is 2.37. The minimum absolute atomic E-state index is 0.539. The number of rotatable bonds is 1. The normalized spacial score (nSPS) is 29.5. The first kappa shape index (κ1) is 9.40. The minimum atomic E-state index is 0.539. The van der Waals surface area contributed by atoms with Crippen molar-refractivity contribution in [1.82, 2.24) is 9.97 Å². The fourth-order valence-electron chi connectivity index (χ4n) is 2.93. The van der Waals surface area contributed by atoms with E-state index in [0.717, 1.165) is 30.7 Å². The molecule has 2 fully saturated rings. The van der Waals surface area contributed by atoms with Crippen LogP contribution in [0.25, 0.3) is 0 Å². The molecule has 0 radical (unpaired) electrons. The van der Waals surface area contributed by atoms with Gasteiger partial charge < -0.3 is 4.90 Å². The summed E-state index contributed by atoms with van der Waals surface area (Å²) in [5, 5.41) is 0.539. The van der Waals surface area contributed by atoms with Crippen molar-refractivity contribution in [2.45, 2.75) is 19.3 Å². The van der Waals surface area contributed by atoms with Crippen LogP contribution < -0.4 is 4.90 Å². The van der Waals surface area contributed by atoms with Gasteiger partial charge in [-0.3, -0.25) is 0 Å². The molecule has 0 spiro atoms. The van der Waals surface area contributed by atoms with E-state index in [2.05, 4.69) is 14.9 Å². The van der Waals surface area contributed by atoms with E-state index in [4.69, 9.17) is 11.6 Å². The monoisotopic (exact) mass is 223 g/mol. The molecule has 1 aromatic heterocycles. The number of hydrogen-bond acceptors (Lipinski definition) is 3. The second-order valence-corrected chi connectivity index (χ2v) is 4.88. The second-order valence-electron chi connectivity index (χ2n) is 4.53. The third-order valence-corrected chi connectivity index (χ3v) is 3.93. The van der Waals surface area contributed by atoms with Crippen LogP contribution >= 0.6 is 11.6 Å². The lowest BCUT2D eigenvalue weighted by Crippen LogP contribution is -2.22. The molecule has 1 aromatic rings. The Hall–Kier alpha value is -0.830. The Balaban J connectivity index is 1.82. The number of fused-ring (bicyclic) bond motifs is 1. The molecule has 0 aromatic carbocycles. The van der Waals surface area contributed by atoms with Gasteiger partial charge in [0.05, 0.1) is 0 Å². The second kappa shape index (κ2) is 3.63. The Morgan fingerprint density at radius 1 is 1.13 bits per heavy atom. The number of halogens is 1. The first-order valence-electron chi connectivity index (χ1n) is 5.56. The first-order valence-corrected chi connectivity index (χ1v) is 5.94. The van der Waals surface area contributed by atoms with Crippen molar-refractivity contribution >= 4 is 17.4 Å². The Morgan fingerprint density at radius 3 is 2.47 bits per heavy atom. The van der Waals surface area contributed by atoms with Crippen LogP contribution in [0, 0.1) is 11.8 Å². The average molecular weight is 224 g/mol. The number of anilines is 1. The molecule has 0 bridgehead atoms. The number of aromatic nitrogens is 2. The summed E-state index contributed by atoms with van der Waals surface area (Å²) in [6.07, 6.45) is 7.51. The van der Waals surface area contributed by atoms with E-state index in [1.165, 1.54) is 19.3 Å². The van der Waals surface area contributed by atoms with Gasteiger partial charge >= 0.3 is 0 Å². The molecule has 2 aliphatic rings. The largest absolute Gasteiger partial charge is 0.353 e. The van der Waals surface area contributed by atoms with E-state index in [-0.39, 0.29) is 0 Å². The maximum absolute atomic E-state index is 6.05. The molecule has 1 aliphatic carbocycles. The summed E-state index contributed by atoms with van der Waals surface area (Å²) in [7, 11) is 0. The van der Waals surface area contributed by atoms with Gasteiger partial charge in [-0.15, -0.1) is 0 Å². The van der Waals surface area contributed by atoms with Gasteiger partial charge in [-0.1, -0.05) is 18.0 Å². The summed E-state index contributed by atoms with van der Waals surface area (Å²) in [6.45, 7) is 2.23. The lowest BCUT2D eigenvalue weighted by atomic mass is 10.0. The predicted octanol–water partition coefficient (Wildman–Crippen LogP) is 2.37. The maximum atomic E-state index is 6.05. The van der Waals surface area contributed by atoms with Crippen molar-refractivity contribution in [3.05, 3.63) is 17.5 Å². The Kier molecular flexibility index (Phi) is 2.28. The zero-order valence-electron chi connectivity index (χ0n) is 8.56. The van der Waals surface area contributed by atoms with Crippen LogP contribution in [0.3, 0.4) is 0 Å². The summed E-state index contributed by atoms with van der Waals surface area (Å²) in [5.41, 5.74) is 0. The summed E-state index contributed by atoms with van der Waals surface area (Å²) in [4.78, 5) is 10.7. The van der Waals surface area contributed by atoms with E-state index >= 15 is 0 Å². The van der Waals surface area contributed by atoms with E-state index in [9.17, 15) is 0 Å². The molecule has 2 heterocycles. The molecule has 15 heavy (non-hydrogen) atoms. The van der Waals surface area contributed by atoms with Crippen molar-refractivity contribution in [3.63, 3.8) is 0 Å². The molecule has 0 N–H and O–H groups in total. The van der Waals surface area contributed by atoms with Crippen LogP contribution in [-0.4, -0.2) is 23.1 Å². The average Bonchev–Trinajstić information content (AvgIpc) is 2.77. The van der Waals surface area contributed by atoms with Crippen molar-refractivity contribution in [2.24, 2.45) is 11.8 Å². The van der Waals surface area contributed by atoms with E-state index in [0.29, 0.717) is 5.15 Å². The fraction of sp³-hybridized carbons (Fsp3) is 0.636. The van der Waals surface area contributed by atoms with Gasteiger partial charge in [-0.2, -0.15) is 0 Å². The summed E-state index contributed by atoms with van der Waals surface area (Å²) < 4.78 is 0. The highest BCUT2D eigenvalue weighted by Crippen LogP contribution is 2.39. The Bertz CT molecular complexity index is 357. The standard InChI is InChI=1S/C11H14ClN3/c12-10-11(14-5-4-13-10)15-6-8-2-1-3-9(8)7-15/h4-5,8-9H,1-3,6-7H2. The van der Waals surface area contributed by atoms with Crippen LogP contribution in [0.4, 0.5) is 5.82 Å². The third kappa shape index (κ3) is 1.59. The van der Waals surface area contributed by atoms with E-state index in [1.54, 1.807) is 12.4 Å². The summed E-state index contributed by atoms with van der Waals surface area (Å²) >= 11 is 6.05. The van der Waals surface area contributed by atoms with Gasteiger partial charge in [0.2, 0.25) is 0 Å². The number of hydrogen-bond donors (Lipinski definition) is 0. The van der Waals surface area contributed by atoms with Crippen LogP contribution in [-0.2, 0) is 0 Å². The highest BCUT2D eigenvalue weighted by molar-refractivity contribution is 6.31. The lowest BCUT2D eigenvalue weighted by Gasteiger charge is -2.18. The fourth-order valence-corrected chi connectivity index (χ4v) is 3.16. The van der Waals surface area contributed by atoms with Crippen LogP contribution in [0.2, 0.25) is 5.15 Å². The van der Waals surface area contributed by atoms with Gasteiger partial charge in [0, 0.05) is 25.5 Å². The SMILES string of the molecule is Clc1nccnc1N1CC2CCCC2C1. The highest BCUT2D eigenvalue weighted by atomic mass is 35.5. The smallest absolute Gasteiger partial charge is 0.171 e. The lowest BCUT2D eigenvalue weighted by molar-refractivity contribution is 0.494. The predicted molar refractivity (Wildman–Crippen MR) is 60.1 cm³/mol. The van der Waals surface area contributed by atoms with Gasteiger partial charge in [0.25, 0.3) is 0 Å². The van der Waals surface area contributed by atoms with E-state index in [1.807, 2.05) is 0 Å². The van der Waals surface area contributed by atoms with Crippen molar-refractivity contribution in [2.75, 3.05) is 18.0 Å². The Morgan fingerprint density at radius 2 is 1.80 bits per heavy atom. The molecular weight excluding hydrogens is 210 g/mol. The topological polar surface area (TPSA) is 29.0 Å². The molecule has 1 aliphatic heterocycles. The molecule has 4 heteroatoms. The number of nitrogens with zero attached hydrogens (tertiary/aromatic N) is 3. The zero-order chi connectivity index (χ0) is 10.3. The third-order valence-electron chi connectivity index (χ3n) is 3.66. The zero-order valence-corrected chi connectivity index (χ0v) is 9.32. The molecule has 80 valence electrons. The van der Waals surface area contributed by atoms with Gasteiger partial charge in [0.1, 0.15) is 0 Å². The summed E-state index contributed by atoms with van der Waals surface area (Å²) in [6, 6.07) is 0. The molecule has 2 atom stereocenters. The van der Waals surface area contributed by atoms with Gasteiger partial charge in [0.15, 0.2) is 11.0 Å². The molecule has 1 saturated carbocycles. The van der Waals surface area contributed by atoms with Crippen molar-refractivity contribution < 1.29 is 0 Å². The van der Waals surface area contributed by atoms with Gasteiger partial charge in [-0.25, -0.2) is 9.97 Å². The Labute approximate surface area is 94.5 Å². The van der Waals surface area contributed by atoms with Crippen LogP contribution in [0.15, 0.2) is 12.4 Å². The summed E-state index contributed by atoms with van der Waals surface area (Å²) in [5.74, 6) is 2.60. The van der Waals surface area contributed by atoms with Crippen LogP contribution in [0.1, 0.15) is 19.3 Å². The first-order chi connectivity index (χ1) is 7.34. The quantitative estimate of drug-likeness (QED) is 0.732. The van der Waals surface area contributed by atoms with E-state index < -0.39 is 0 Å². The molecular formula is C11H14ClN3. The van der Waals surface area contributed by atoms with Crippen LogP contribution in [0.5, 0.6) is 0 Å². The molecule has 2 unspecified atom stereocenters. The molecule has 3 nitrogen and oxygen atoms in total. The molecule has 0 amide bonds. The van der Waals surface area contributed by atoms with Gasteiger partial charge in [-0.05, 0) is 24.7 Å².